The smallest absolute Gasteiger partial charge is 0.228 e. The number of ketones is 1. The molecule has 0 aliphatic heterocycles. The molecule has 0 radical (unpaired) electrons. The molecule has 1 N–H and O–H groups in total. The summed E-state index contributed by atoms with van der Waals surface area (Å²) in [5.41, 5.74) is 6.41. The SMILES string of the molecule is Cc1ccc(CC(=O)Nc2cccc(C(=O)c3ccc(C(C)(C)C)cc3)c2)cc1C. The zero-order valence-corrected chi connectivity index (χ0v) is 18.4. The normalized spacial score (nSPS) is 11.2. The zero-order valence-electron chi connectivity index (χ0n) is 18.4. The molecule has 0 aliphatic rings. The lowest BCUT2D eigenvalue weighted by molar-refractivity contribution is -0.115. The standard InChI is InChI=1S/C27H29NO2/c1-18-9-10-20(15-19(18)2)16-25(29)28-24-8-6-7-22(17-24)26(30)21-11-13-23(14-12-21)27(3,4)5/h6-15,17H,16H2,1-5H3,(H,28,29). The predicted octanol–water partition coefficient (Wildman–Crippen LogP) is 6.01. The van der Waals surface area contributed by atoms with Gasteiger partial charge in [0.25, 0.3) is 0 Å². The van der Waals surface area contributed by atoms with Gasteiger partial charge in [0.2, 0.25) is 5.91 Å². The number of benzene rings is 3. The van der Waals surface area contributed by atoms with Crippen LogP contribution < -0.4 is 5.32 Å². The van der Waals surface area contributed by atoms with Gasteiger partial charge in [-0.05, 0) is 53.6 Å². The van der Waals surface area contributed by atoms with Crippen LogP contribution in [0.25, 0.3) is 0 Å². The van der Waals surface area contributed by atoms with E-state index in [4.69, 9.17) is 0 Å². The van der Waals surface area contributed by atoms with Gasteiger partial charge in [0, 0.05) is 16.8 Å². The van der Waals surface area contributed by atoms with Crippen LogP contribution in [-0.2, 0) is 16.6 Å². The minimum absolute atomic E-state index is 0.0434. The van der Waals surface area contributed by atoms with Gasteiger partial charge in [0.15, 0.2) is 5.78 Å². The van der Waals surface area contributed by atoms with Crippen molar-refractivity contribution >= 4 is 17.4 Å². The van der Waals surface area contributed by atoms with Crippen LogP contribution >= 0.6 is 0 Å². The molecule has 0 saturated carbocycles. The van der Waals surface area contributed by atoms with Gasteiger partial charge in [-0.25, -0.2) is 0 Å². The number of nitrogens with one attached hydrogen (secondary N) is 1. The van der Waals surface area contributed by atoms with E-state index in [0.29, 0.717) is 23.2 Å². The largest absolute Gasteiger partial charge is 0.326 e. The van der Waals surface area contributed by atoms with Crippen LogP contribution in [0.2, 0.25) is 0 Å². The fraction of sp³-hybridized carbons (Fsp3) is 0.259. The Bertz CT molecular complexity index is 1070. The minimum Gasteiger partial charge on any atom is -0.326 e. The van der Waals surface area contributed by atoms with Gasteiger partial charge < -0.3 is 5.32 Å². The Morgan fingerprint density at radius 1 is 0.800 bits per heavy atom. The van der Waals surface area contributed by atoms with Gasteiger partial charge in [-0.15, -0.1) is 0 Å². The average molecular weight is 400 g/mol. The lowest BCUT2D eigenvalue weighted by atomic mass is 9.86. The molecule has 0 aromatic heterocycles. The maximum Gasteiger partial charge on any atom is 0.228 e. The van der Waals surface area contributed by atoms with E-state index in [1.54, 1.807) is 24.3 Å². The third-order valence-corrected chi connectivity index (χ3v) is 5.36. The van der Waals surface area contributed by atoms with Crippen LogP contribution in [0.4, 0.5) is 5.69 Å². The van der Waals surface area contributed by atoms with Crippen molar-refractivity contribution < 1.29 is 9.59 Å². The van der Waals surface area contributed by atoms with Crippen molar-refractivity contribution in [3.63, 3.8) is 0 Å². The van der Waals surface area contributed by atoms with Crippen molar-refractivity contribution in [2.45, 2.75) is 46.5 Å². The Labute approximate surface area is 179 Å². The van der Waals surface area contributed by atoms with Crippen molar-refractivity contribution in [3.8, 4) is 0 Å². The first-order chi connectivity index (χ1) is 14.1. The van der Waals surface area contributed by atoms with E-state index in [-0.39, 0.29) is 17.1 Å². The Morgan fingerprint density at radius 2 is 1.50 bits per heavy atom. The maximum absolute atomic E-state index is 12.9. The van der Waals surface area contributed by atoms with E-state index in [2.05, 4.69) is 33.0 Å². The molecule has 30 heavy (non-hydrogen) atoms. The molecule has 3 rings (SSSR count). The van der Waals surface area contributed by atoms with Gasteiger partial charge >= 0.3 is 0 Å². The number of rotatable bonds is 5. The molecule has 1 amide bonds. The molecule has 0 unspecified atom stereocenters. The summed E-state index contributed by atoms with van der Waals surface area (Å²) in [6, 6.07) is 20.9. The summed E-state index contributed by atoms with van der Waals surface area (Å²) in [7, 11) is 0. The van der Waals surface area contributed by atoms with Gasteiger partial charge in [-0.1, -0.05) is 75.4 Å². The Morgan fingerprint density at radius 3 is 2.13 bits per heavy atom. The Balaban J connectivity index is 1.71. The third-order valence-electron chi connectivity index (χ3n) is 5.36. The van der Waals surface area contributed by atoms with E-state index >= 15 is 0 Å². The first kappa shape index (κ1) is 21.5. The van der Waals surface area contributed by atoms with Crippen molar-refractivity contribution in [2.75, 3.05) is 5.32 Å². The average Bonchev–Trinajstić information content (AvgIpc) is 2.70. The fourth-order valence-electron chi connectivity index (χ4n) is 3.33. The number of carbonyl (C=O) groups is 2. The number of anilines is 1. The number of hydrogen-bond donors (Lipinski definition) is 1. The van der Waals surface area contributed by atoms with E-state index in [9.17, 15) is 9.59 Å². The van der Waals surface area contributed by atoms with Crippen LogP contribution in [0.1, 0.15) is 58.9 Å². The molecule has 3 aromatic rings. The summed E-state index contributed by atoms with van der Waals surface area (Å²) in [6.07, 6.45) is 0.299. The topological polar surface area (TPSA) is 46.2 Å². The van der Waals surface area contributed by atoms with E-state index in [1.165, 1.54) is 16.7 Å². The molecule has 0 spiro atoms. The minimum atomic E-state index is -0.0996. The van der Waals surface area contributed by atoms with Gasteiger partial charge in [-0.3, -0.25) is 9.59 Å². The van der Waals surface area contributed by atoms with Crippen molar-refractivity contribution in [2.24, 2.45) is 0 Å². The molecular formula is C27H29NO2. The second-order valence-electron chi connectivity index (χ2n) is 8.88. The number of hydrogen-bond acceptors (Lipinski definition) is 2. The third kappa shape index (κ3) is 5.24. The van der Waals surface area contributed by atoms with Crippen LogP contribution in [0.15, 0.2) is 66.7 Å². The molecule has 0 saturated heterocycles. The van der Waals surface area contributed by atoms with Crippen molar-refractivity contribution in [1.29, 1.82) is 0 Å². The predicted molar refractivity (Wildman–Crippen MR) is 123 cm³/mol. The van der Waals surface area contributed by atoms with Crippen LogP contribution in [0, 0.1) is 13.8 Å². The first-order valence-electron chi connectivity index (χ1n) is 10.2. The second kappa shape index (κ2) is 8.66. The summed E-state index contributed by atoms with van der Waals surface area (Å²) < 4.78 is 0. The number of carbonyl (C=O) groups excluding carboxylic acids is 2. The quantitative estimate of drug-likeness (QED) is 0.534. The highest BCUT2D eigenvalue weighted by molar-refractivity contribution is 6.09. The molecule has 154 valence electrons. The lowest BCUT2D eigenvalue weighted by Gasteiger charge is -2.19. The van der Waals surface area contributed by atoms with Crippen LogP contribution in [0.3, 0.4) is 0 Å². The zero-order chi connectivity index (χ0) is 21.9. The summed E-state index contributed by atoms with van der Waals surface area (Å²) in [4.78, 5) is 25.4. The molecule has 3 aromatic carbocycles. The molecule has 3 heteroatoms. The van der Waals surface area contributed by atoms with Crippen LogP contribution in [-0.4, -0.2) is 11.7 Å². The van der Waals surface area contributed by atoms with Crippen molar-refractivity contribution in [3.05, 3.63) is 100 Å². The monoisotopic (exact) mass is 399 g/mol. The Kier molecular flexibility index (Phi) is 6.21. The maximum atomic E-state index is 12.9. The highest BCUT2D eigenvalue weighted by Gasteiger charge is 2.15. The number of aryl methyl sites for hydroxylation is 2. The van der Waals surface area contributed by atoms with Crippen molar-refractivity contribution in [1.82, 2.24) is 0 Å². The molecule has 0 atom stereocenters. The molecule has 3 nitrogen and oxygen atoms in total. The summed E-state index contributed by atoms with van der Waals surface area (Å²) in [5, 5.41) is 2.91. The molecule has 0 heterocycles. The van der Waals surface area contributed by atoms with E-state index < -0.39 is 0 Å². The summed E-state index contributed by atoms with van der Waals surface area (Å²) >= 11 is 0. The summed E-state index contributed by atoms with van der Waals surface area (Å²) in [6.45, 7) is 10.5. The highest BCUT2D eigenvalue weighted by atomic mass is 16.1. The highest BCUT2D eigenvalue weighted by Crippen LogP contribution is 2.23. The van der Waals surface area contributed by atoms with Crippen LogP contribution in [0.5, 0.6) is 0 Å². The van der Waals surface area contributed by atoms with Gasteiger partial charge in [0.1, 0.15) is 0 Å². The van der Waals surface area contributed by atoms with Gasteiger partial charge in [0.05, 0.1) is 6.42 Å². The van der Waals surface area contributed by atoms with E-state index in [0.717, 1.165) is 5.56 Å². The van der Waals surface area contributed by atoms with Gasteiger partial charge in [-0.2, -0.15) is 0 Å². The fourth-order valence-corrected chi connectivity index (χ4v) is 3.33. The molecule has 0 bridgehead atoms. The molecular weight excluding hydrogens is 370 g/mol. The molecule has 0 aliphatic carbocycles. The van der Waals surface area contributed by atoms with E-state index in [1.807, 2.05) is 49.4 Å². The first-order valence-corrected chi connectivity index (χ1v) is 10.2. The Hall–Kier alpha value is -3.20. The number of amides is 1. The molecule has 0 fully saturated rings. The lowest BCUT2D eigenvalue weighted by Crippen LogP contribution is -2.15. The second-order valence-corrected chi connectivity index (χ2v) is 8.88. The summed E-state index contributed by atoms with van der Waals surface area (Å²) in [5.74, 6) is -0.155.